The molecule has 3 aromatic rings. The van der Waals surface area contributed by atoms with Crippen LogP contribution < -0.4 is 10.5 Å². The molecule has 0 aliphatic carbocycles. The molecule has 0 amide bonds. The Morgan fingerprint density at radius 3 is 2.93 bits per heavy atom. The Morgan fingerprint density at radius 1 is 1.23 bits per heavy atom. The SMILES string of the molecule is Cc1ccc(CN2CC[C@@H](Nc3cccc4cnccc34)C2)cc1CCS(N)(=O)=O. The van der Waals surface area contributed by atoms with Gasteiger partial charge in [-0.05, 0) is 48.6 Å². The highest BCUT2D eigenvalue weighted by Gasteiger charge is 2.23. The largest absolute Gasteiger partial charge is 0.380 e. The van der Waals surface area contributed by atoms with Crippen LogP contribution >= 0.6 is 0 Å². The predicted molar refractivity (Wildman–Crippen MR) is 122 cm³/mol. The molecule has 1 fully saturated rings. The molecule has 158 valence electrons. The van der Waals surface area contributed by atoms with Gasteiger partial charge >= 0.3 is 0 Å². The third kappa shape index (κ3) is 5.16. The maximum atomic E-state index is 11.3. The average Bonchev–Trinajstić information content (AvgIpc) is 3.15. The first-order valence-corrected chi connectivity index (χ1v) is 12.0. The lowest BCUT2D eigenvalue weighted by atomic mass is 10.0. The lowest BCUT2D eigenvalue weighted by molar-refractivity contribution is 0.328. The molecule has 1 aromatic heterocycles. The Labute approximate surface area is 178 Å². The summed E-state index contributed by atoms with van der Waals surface area (Å²) in [5.74, 6) is -0.0203. The molecule has 1 aliphatic heterocycles. The number of rotatable bonds is 7. The molecular weight excluding hydrogens is 396 g/mol. The second-order valence-electron chi connectivity index (χ2n) is 8.15. The van der Waals surface area contributed by atoms with Crippen LogP contribution in [0.25, 0.3) is 10.8 Å². The summed E-state index contributed by atoms with van der Waals surface area (Å²) in [6.45, 7) is 4.88. The Hall–Kier alpha value is -2.48. The minimum atomic E-state index is -3.45. The van der Waals surface area contributed by atoms with Gasteiger partial charge in [0.2, 0.25) is 10.0 Å². The van der Waals surface area contributed by atoms with E-state index >= 15 is 0 Å². The summed E-state index contributed by atoms with van der Waals surface area (Å²) in [5.41, 5.74) is 4.53. The summed E-state index contributed by atoms with van der Waals surface area (Å²) in [7, 11) is -3.45. The molecule has 0 bridgehead atoms. The fourth-order valence-corrected chi connectivity index (χ4v) is 4.67. The molecule has 6 nitrogen and oxygen atoms in total. The van der Waals surface area contributed by atoms with E-state index in [0.29, 0.717) is 12.5 Å². The van der Waals surface area contributed by atoms with E-state index < -0.39 is 10.0 Å². The summed E-state index contributed by atoms with van der Waals surface area (Å²) in [5, 5.41) is 11.2. The zero-order valence-corrected chi connectivity index (χ0v) is 18.0. The number of nitrogens with zero attached hydrogens (tertiary/aromatic N) is 2. The van der Waals surface area contributed by atoms with Crippen molar-refractivity contribution in [3.05, 3.63) is 71.5 Å². The monoisotopic (exact) mass is 424 g/mol. The number of primary sulfonamides is 1. The summed E-state index contributed by atoms with van der Waals surface area (Å²) in [6, 6.07) is 15.1. The highest BCUT2D eigenvalue weighted by molar-refractivity contribution is 7.89. The van der Waals surface area contributed by atoms with Gasteiger partial charge in [0, 0.05) is 54.5 Å². The zero-order valence-electron chi connectivity index (χ0n) is 17.2. The van der Waals surface area contributed by atoms with Gasteiger partial charge in [-0.2, -0.15) is 0 Å². The van der Waals surface area contributed by atoms with Crippen LogP contribution in [0.2, 0.25) is 0 Å². The minimum absolute atomic E-state index is 0.0203. The van der Waals surface area contributed by atoms with Crippen molar-refractivity contribution in [2.24, 2.45) is 5.14 Å². The van der Waals surface area contributed by atoms with E-state index in [1.807, 2.05) is 19.3 Å². The van der Waals surface area contributed by atoms with E-state index in [0.717, 1.165) is 48.3 Å². The molecular formula is C23H28N4O2S. The number of nitrogens with one attached hydrogen (secondary N) is 1. The van der Waals surface area contributed by atoms with Gasteiger partial charge in [0.25, 0.3) is 0 Å². The topological polar surface area (TPSA) is 88.3 Å². The molecule has 0 spiro atoms. The molecule has 1 aliphatic rings. The fourth-order valence-electron chi connectivity index (χ4n) is 4.17. The fraction of sp³-hybridized carbons (Fsp3) is 0.348. The van der Waals surface area contributed by atoms with Crippen molar-refractivity contribution in [3.63, 3.8) is 0 Å². The maximum absolute atomic E-state index is 11.3. The number of nitrogens with two attached hydrogens (primary N) is 1. The van der Waals surface area contributed by atoms with Crippen LogP contribution in [0, 0.1) is 6.92 Å². The molecule has 1 atom stereocenters. The quantitative estimate of drug-likeness (QED) is 0.609. The summed E-state index contributed by atoms with van der Waals surface area (Å²) >= 11 is 0. The number of pyridine rings is 1. The summed E-state index contributed by atoms with van der Waals surface area (Å²) in [4.78, 5) is 6.65. The number of likely N-dealkylation sites (tertiary alicyclic amines) is 1. The number of aryl methyl sites for hydroxylation is 2. The molecule has 7 heteroatoms. The van der Waals surface area contributed by atoms with Gasteiger partial charge in [-0.3, -0.25) is 9.88 Å². The van der Waals surface area contributed by atoms with Crippen LogP contribution in [-0.2, 0) is 23.0 Å². The van der Waals surface area contributed by atoms with Gasteiger partial charge < -0.3 is 5.32 Å². The Balaban J connectivity index is 1.39. The number of fused-ring (bicyclic) bond motifs is 1. The van der Waals surface area contributed by atoms with Crippen LogP contribution in [0.3, 0.4) is 0 Å². The van der Waals surface area contributed by atoms with E-state index in [9.17, 15) is 8.42 Å². The van der Waals surface area contributed by atoms with Crippen molar-refractivity contribution >= 4 is 26.5 Å². The predicted octanol–water partition coefficient (Wildman–Crippen LogP) is 3.06. The normalized spacial score (nSPS) is 17.5. The van der Waals surface area contributed by atoms with E-state index in [1.54, 1.807) is 0 Å². The second kappa shape index (κ2) is 8.71. The van der Waals surface area contributed by atoms with Gasteiger partial charge in [0.1, 0.15) is 0 Å². The Morgan fingerprint density at radius 2 is 2.10 bits per heavy atom. The van der Waals surface area contributed by atoms with Crippen LogP contribution in [-0.4, -0.2) is 43.2 Å². The molecule has 3 N–H and O–H groups in total. The van der Waals surface area contributed by atoms with Crippen LogP contribution in [0.1, 0.15) is 23.1 Å². The van der Waals surface area contributed by atoms with Crippen molar-refractivity contribution < 1.29 is 8.42 Å². The van der Waals surface area contributed by atoms with Gasteiger partial charge in [-0.1, -0.05) is 30.3 Å². The van der Waals surface area contributed by atoms with Crippen molar-refractivity contribution in [2.45, 2.75) is 32.4 Å². The molecule has 1 saturated heterocycles. The Kier molecular flexibility index (Phi) is 6.04. The van der Waals surface area contributed by atoms with Crippen LogP contribution in [0.15, 0.2) is 54.9 Å². The first-order valence-electron chi connectivity index (χ1n) is 10.3. The second-order valence-corrected chi connectivity index (χ2v) is 9.88. The number of sulfonamides is 1. The van der Waals surface area contributed by atoms with Crippen LogP contribution in [0.4, 0.5) is 5.69 Å². The third-order valence-electron chi connectivity index (χ3n) is 5.79. The van der Waals surface area contributed by atoms with E-state index in [4.69, 9.17) is 5.14 Å². The molecule has 0 unspecified atom stereocenters. The number of hydrogen-bond acceptors (Lipinski definition) is 5. The molecule has 4 rings (SSSR count). The van der Waals surface area contributed by atoms with Crippen LogP contribution in [0.5, 0.6) is 0 Å². The van der Waals surface area contributed by atoms with E-state index in [1.165, 1.54) is 10.9 Å². The number of benzene rings is 2. The molecule has 0 saturated carbocycles. The van der Waals surface area contributed by atoms with Gasteiger partial charge in [-0.25, -0.2) is 13.6 Å². The average molecular weight is 425 g/mol. The number of anilines is 1. The first kappa shape index (κ1) is 20.8. The highest BCUT2D eigenvalue weighted by Crippen LogP contribution is 2.25. The first-order chi connectivity index (χ1) is 14.4. The lowest BCUT2D eigenvalue weighted by Gasteiger charge is -2.19. The summed E-state index contributed by atoms with van der Waals surface area (Å²) in [6.07, 6.45) is 5.27. The van der Waals surface area contributed by atoms with Gasteiger partial charge in [0.15, 0.2) is 0 Å². The summed E-state index contributed by atoms with van der Waals surface area (Å²) < 4.78 is 22.6. The smallest absolute Gasteiger partial charge is 0.209 e. The molecule has 2 heterocycles. The zero-order chi connectivity index (χ0) is 21.1. The maximum Gasteiger partial charge on any atom is 0.209 e. The van der Waals surface area contributed by atoms with Crippen molar-refractivity contribution in [1.29, 1.82) is 0 Å². The van der Waals surface area contributed by atoms with E-state index in [-0.39, 0.29) is 5.75 Å². The minimum Gasteiger partial charge on any atom is -0.380 e. The third-order valence-corrected chi connectivity index (χ3v) is 6.56. The number of aromatic nitrogens is 1. The highest BCUT2D eigenvalue weighted by atomic mass is 32.2. The van der Waals surface area contributed by atoms with E-state index in [2.05, 4.69) is 57.7 Å². The van der Waals surface area contributed by atoms with Gasteiger partial charge in [-0.15, -0.1) is 0 Å². The van der Waals surface area contributed by atoms with Crippen molar-refractivity contribution in [2.75, 3.05) is 24.2 Å². The molecule has 2 aromatic carbocycles. The van der Waals surface area contributed by atoms with Crippen molar-refractivity contribution in [3.8, 4) is 0 Å². The van der Waals surface area contributed by atoms with Gasteiger partial charge in [0.05, 0.1) is 5.75 Å². The molecule has 0 radical (unpaired) electrons. The lowest BCUT2D eigenvalue weighted by Crippen LogP contribution is -2.26. The van der Waals surface area contributed by atoms with Crippen molar-refractivity contribution in [1.82, 2.24) is 9.88 Å². The standard InChI is InChI=1S/C23H28N4O2S/c1-17-5-6-18(13-19(17)9-12-30(24,28)29)15-27-11-8-21(16-27)26-23-4-2-3-20-14-25-10-7-22(20)23/h2-7,10,13-14,21,26H,8-9,11-12,15-16H2,1H3,(H2,24,28,29)/t21-/m1/s1. The molecule has 30 heavy (non-hydrogen) atoms. The number of hydrogen-bond donors (Lipinski definition) is 2. The Bertz CT molecular complexity index is 1140.